The molecular weight excluding hydrogens is 211 g/mol. The molecule has 2 N–H and O–H groups in total. The molecule has 11 heavy (non-hydrogen) atoms. The topological polar surface area (TPSA) is 66.8 Å². The summed E-state index contributed by atoms with van der Waals surface area (Å²) in [5, 5.41) is 0. The summed E-state index contributed by atoms with van der Waals surface area (Å²) in [5.74, 6) is 0. The molecular formula is C2H11Na4O4P. The van der Waals surface area contributed by atoms with Gasteiger partial charge in [-0.2, -0.15) is 0 Å². The molecule has 0 aromatic carbocycles. The van der Waals surface area contributed by atoms with Crippen molar-refractivity contribution in [2.45, 2.75) is 6.92 Å². The van der Waals surface area contributed by atoms with Gasteiger partial charge in [-0.15, -0.1) is 0 Å². The molecule has 0 aromatic rings. The van der Waals surface area contributed by atoms with Crippen LogP contribution in [-0.2, 0) is 9.09 Å². The van der Waals surface area contributed by atoms with Gasteiger partial charge in [-0.3, -0.25) is 4.52 Å². The predicted molar refractivity (Wildman–Crippen MR) is 28.1 cm³/mol. The molecule has 0 bridgehead atoms. The molecule has 0 fully saturated rings. The number of hydrogen-bond acceptors (Lipinski definition) is 2. The third-order valence-corrected chi connectivity index (χ3v) is 0.892. The summed E-state index contributed by atoms with van der Waals surface area (Å²) in [6, 6.07) is 0. The Kier molecular flexibility index (Phi) is 44.2. The van der Waals surface area contributed by atoms with Gasteiger partial charge in [-0.25, -0.2) is 4.57 Å². The van der Waals surface area contributed by atoms with E-state index < -0.39 is 7.82 Å². The maximum atomic E-state index is 9.70. The van der Waals surface area contributed by atoms with Gasteiger partial charge in [0.25, 0.3) is 0 Å². The standard InChI is InChI=1S/C2H7O4P.4Na.4H/c1-2-6-7(3,4)5;;;;;;;;/h2H2,1H3,(H2,3,4,5);;;;;;;;/q;4*+1;4*-1. The Hall–Kier alpha value is 4.11. The fourth-order valence-corrected chi connectivity index (χ4v) is 0.505. The van der Waals surface area contributed by atoms with Crippen molar-refractivity contribution >= 4 is 7.82 Å². The fraction of sp³-hybridized carbons (Fsp3) is 1.00. The predicted octanol–water partition coefficient (Wildman–Crippen LogP) is -11.4. The van der Waals surface area contributed by atoms with Gasteiger partial charge in [-0.05, 0) is 6.92 Å². The summed E-state index contributed by atoms with van der Waals surface area (Å²) in [5.41, 5.74) is 0. The van der Waals surface area contributed by atoms with Gasteiger partial charge in [0.2, 0.25) is 0 Å². The second kappa shape index (κ2) is 16.5. The maximum Gasteiger partial charge on any atom is 1.00 e. The van der Waals surface area contributed by atoms with E-state index in [2.05, 4.69) is 4.52 Å². The minimum absolute atomic E-state index is 0. The zero-order chi connectivity index (χ0) is 5.91. The van der Waals surface area contributed by atoms with E-state index in [1.807, 2.05) is 0 Å². The first-order valence-corrected chi connectivity index (χ1v) is 3.29. The van der Waals surface area contributed by atoms with Gasteiger partial charge in [0.15, 0.2) is 0 Å². The van der Waals surface area contributed by atoms with Gasteiger partial charge in [-0.1, -0.05) is 0 Å². The molecule has 4 nitrogen and oxygen atoms in total. The second-order valence-corrected chi connectivity index (χ2v) is 2.15. The molecule has 52 valence electrons. The number of phosphoric ester groups is 1. The minimum atomic E-state index is -4.17. The largest absolute Gasteiger partial charge is 1.00 e. The summed E-state index contributed by atoms with van der Waals surface area (Å²) in [6.45, 7) is 1.56. The van der Waals surface area contributed by atoms with Gasteiger partial charge < -0.3 is 15.5 Å². The summed E-state index contributed by atoms with van der Waals surface area (Å²) in [7, 11) is -4.17. The fourth-order valence-electron chi connectivity index (χ4n) is 0.168. The van der Waals surface area contributed by atoms with Crippen LogP contribution in [0, 0.1) is 0 Å². The molecule has 0 aliphatic heterocycles. The second-order valence-electron chi connectivity index (χ2n) is 0.908. The summed E-state index contributed by atoms with van der Waals surface area (Å²) in [4.78, 5) is 15.8. The van der Waals surface area contributed by atoms with Crippen LogP contribution >= 0.6 is 7.82 Å². The Morgan fingerprint density at radius 2 is 1.55 bits per heavy atom. The summed E-state index contributed by atoms with van der Waals surface area (Å²) >= 11 is 0. The number of rotatable bonds is 2. The number of phosphoric acid groups is 1. The Bertz CT molecular complexity index is 107. The maximum absolute atomic E-state index is 9.70. The molecule has 0 radical (unpaired) electrons. The minimum Gasteiger partial charge on any atom is -1.00 e. The van der Waals surface area contributed by atoms with Gasteiger partial charge in [0, 0.05) is 0 Å². The zero-order valence-electron chi connectivity index (χ0n) is 11.9. The first kappa shape index (κ1) is 29.4. The Morgan fingerprint density at radius 3 is 1.55 bits per heavy atom. The van der Waals surface area contributed by atoms with E-state index in [1.165, 1.54) is 6.92 Å². The first-order chi connectivity index (χ1) is 3.06. The third kappa shape index (κ3) is 31.5. The quantitative estimate of drug-likeness (QED) is 0.359. The first-order valence-electron chi connectivity index (χ1n) is 1.76. The van der Waals surface area contributed by atoms with Crippen LogP contribution in [0.4, 0.5) is 0 Å². The molecule has 0 amide bonds. The van der Waals surface area contributed by atoms with Crippen LogP contribution in [-0.4, -0.2) is 16.4 Å². The van der Waals surface area contributed by atoms with Crippen LogP contribution in [0.25, 0.3) is 0 Å². The molecule has 0 heterocycles. The van der Waals surface area contributed by atoms with Crippen LogP contribution in [0.1, 0.15) is 12.6 Å². The van der Waals surface area contributed by atoms with Crippen molar-refractivity contribution in [2.24, 2.45) is 0 Å². The van der Waals surface area contributed by atoms with Gasteiger partial charge >= 0.3 is 126 Å². The van der Waals surface area contributed by atoms with Crippen LogP contribution in [0.2, 0.25) is 0 Å². The van der Waals surface area contributed by atoms with E-state index in [0.29, 0.717) is 0 Å². The molecule has 0 aliphatic rings. The van der Waals surface area contributed by atoms with Crippen molar-refractivity contribution < 1.29 is 143 Å². The average Bonchev–Trinajstić information content (AvgIpc) is 1.30. The zero-order valence-corrected chi connectivity index (χ0v) is 16.8. The van der Waals surface area contributed by atoms with E-state index in [4.69, 9.17) is 9.79 Å². The summed E-state index contributed by atoms with van der Waals surface area (Å²) in [6.07, 6.45) is 0. The SMILES string of the molecule is CCOP(=O)(O)O.[H-].[H-].[H-].[H-].[Na+].[Na+].[Na+].[Na+]. The van der Waals surface area contributed by atoms with E-state index in [0.717, 1.165) is 0 Å². The van der Waals surface area contributed by atoms with Crippen LogP contribution in [0.3, 0.4) is 0 Å². The average molecular weight is 222 g/mol. The Morgan fingerprint density at radius 1 is 1.27 bits per heavy atom. The van der Waals surface area contributed by atoms with Crippen molar-refractivity contribution in [1.82, 2.24) is 0 Å². The smallest absolute Gasteiger partial charge is 1.00 e. The Labute approximate surface area is 161 Å². The molecule has 0 atom stereocenters. The Balaban J connectivity index is -0.00000000643. The molecule has 0 aromatic heterocycles. The van der Waals surface area contributed by atoms with E-state index in [9.17, 15) is 4.57 Å². The molecule has 0 unspecified atom stereocenters. The molecule has 0 saturated heterocycles. The van der Waals surface area contributed by atoms with Crippen LogP contribution in [0.5, 0.6) is 0 Å². The van der Waals surface area contributed by atoms with Gasteiger partial charge in [0.1, 0.15) is 0 Å². The van der Waals surface area contributed by atoms with Crippen molar-refractivity contribution in [1.29, 1.82) is 0 Å². The third-order valence-electron chi connectivity index (χ3n) is 0.297. The van der Waals surface area contributed by atoms with Crippen LogP contribution < -0.4 is 118 Å². The van der Waals surface area contributed by atoms with E-state index >= 15 is 0 Å². The summed E-state index contributed by atoms with van der Waals surface area (Å²) < 4.78 is 13.6. The molecule has 0 spiro atoms. The molecule has 0 aliphatic carbocycles. The number of hydrogen-bond donors (Lipinski definition) is 2. The van der Waals surface area contributed by atoms with Crippen molar-refractivity contribution in [3.05, 3.63) is 0 Å². The molecule has 9 heteroatoms. The molecule has 0 rings (SSSR count). The van der Waals surface area contributed by atoms with Crippen molar-refractivity contribution in [2.75, 3.05) is 6.61 Å². The van der Waals surface area contributed by atoms with Crippen molar-refractivity contribution in [3.63, 3.8) is 0 Å². The van der Waals surface area contributed by atoms with E-state index in [-0.39, 0.29) is 131 Å². The normalized spacial score (nSPS) is 7.55. The van der Waals surface area contributed by atoms with E-state index in [1.54, 1.807) is 0 Å². The van der Waals surface area contributed by atoms with Crippen LogP contribution in [0.15, 0.2) is 0 Å². The monoisotopic (exact) mass is 222 g/mol. The van der Waals surface area contributed by atoms with Crippen molar-refractivity contribution in [3.8, 4) is 0 Å². The van der Waals surface area contributed by atoms with Gasteiger partial charge in [0.05, 0.1) is 6.61 Å². The molecule has 0 saturated carbocycles.